The first-order chi connectivity index (χ1) is 20.9. The van der Waals surface area contributed by atoms with Crippen molar-refractivity contribution in [3.05, 3.63) is 77.2 Å². The predicted octanol–water partition coefficient (Wildman–Crippen LogP) is 3.49. The number of anilines is 5. The molecule has 0 bridgehead atoms. The molecule has 2 aliphatic heterocycles. The zero-order chi connectivity index (χ0) is 29.8. The van der Waals surface area contributed by atoms with E-state index in [0.29, 0.717) is 34.4 Å². The van der Waals surface area contributed by atoms with Crippen molar-refractivity contribution in [3.8, 4) is 0 Å². The summed E-state index contributed by atoms with van der Waals surface area (Å²) in [6.07, 6.45) is 7.45. The lowest BCUT2D eigenvalue weighted by Gasteiger charge is -2.35. The second kappa shape index (κ2) is 13.1. The number of hydrogen-bond acceptors (Lipinski definition) is 12. The van der Waals surface area contributed by atoms with Gasteiger partial charge in [0.15, 0.2) is 5.82 Å². The van der Waals surface area contributed by atoms with Gasteiger partial charge in [0.2, 0.25) is 5.95 Å². The summed E-state index contributed by atoms with van der Waals surface area (Å²) in [4.78, 5) is 29.9. The summed E-state index contributed by atoms with van der Waals surface area (Å²) in [7, 11) is 2.14. The van der Waals surface area contributed by atoms with Gasteiger partial charge in [-0.15, -0.1) is 0 Å². The average Bonchev–Trinajstić information content (AvgIpc) is 3.02. The largest absolute Gasteiger partial charge is 0.760 e. The quantitative estimate of drug-likeness (QED) is 0.238. The minimum absolute atomic E-state index is 0.143. The summed E-state index contributed by atoms with van der Waals surface area (Å²) in [5.41, 5.74) is 3.71. The van der Waals surface area contributed by atoms with Crippen LogP contribution in [-0.2, 0) is 17.8 Å². The Morgan fingerprint density at radius 2 is 1.84 bits per heavy atom. The summed E-state index contributed by atoms with van der Waals surface area (Å²) < 4.78 is 25.0. The number of benzene rings is 2. The van der Waals surface area contributed by atoms with Crippen LogP contribution in [0.15, 0.2) is 76.6 Å². The van der Waals surface area contributed by atoms with Gasteiger partial charge in [0.25, 0.3) is 0 Å². The van der Waals surface area contributed by atoms with Crippen molar-refractivity contribution in [3.63, 3.8) is 0 Å². The summed E-state index contributed by atoms with van der Waals surface area (Å²) in [6.45, 7) is 4.64. The van der Waals surface area contributed by atoms with Crippen molar-refractivity contribution in [2.24, 2.45) is 4.99 Å². The third-order valence-corrected chi connectivity index (χ3v) is 8.05. The van der Waals surface area contributed by atoms with E-state index in [4.69, 9.17) is 9.98 Å². The normalized spacial score (nSPS) is 16.3. The molecular weight excluding hydrogens is 634 g/mol. The highest BCUT2D eigenvalue weighted by Crippen LogP contribution is 2.28. The maximum atomic E-state index is 11.0. The summed E-state index contributed by atoms with van der Waals surface area (Å²) in [6, 6.07) is 13.1. The van der Waals surface area contributed by atoms with Gasteiger partial charge in [0, 0.05) is 67.8 Å². The lowest BCUT2D eigenvalue weighted by Crippen LogP contribution is -2.47. The Bertz CT molecular complexity index is 1710. The van der Waals surface area contributed by atoms with Crippen LogP contribution < -0.4 is 20.3 Å². The molecule has 0 radical (unpaired) electrons. The van der Waals surface area contributed by atoms with Crippen molar-refractivity contribution in [2.45, 2.75) is 6.54 Å². The lowest BCUT2D eigenvalue weighted by molar-refractivity contribution is 0.215. The van der Waals surface area contributed by atoms with Crippen LogP contribution in [0.3, 0.4) is 0 Å². The number of rotatable bonds is 8. The Hall–Kier alpha value is -4.02. The fourth-order valence-electron chi connectivity index (χ4n) is 4.72. The maximum absolute atomic E-state index is 11.0. The van der Waals surface area contributed by atoms with Crippen molar-refractivity contribution in [1.29, 1.82) is 0 Å². The number of nitrogens with zero attached hydrogens (tertiary/aromatic N) is 8. The number of aliphatic imine (C=N–C) groups is 1. The van der Waals surface area contributed by atoms with E-state index in [9.17, 15) is 8.76 Å². The van der Waals surface area contributed by atoms with Crippen LogP contribution in [0.25, 0.3) is 11.0 Å². The second-order valence-corrected chi connectivity index (χ2v) is 11.6. The molecule has 15 heteroatoms. The molecule has 0 aliphatic carbocycles. The monoisotopic (exact) mass is 662 g/mol. The van der Waals surface area contributed by atoms with Gasteiger partial charge in [-0.25, -0.2) is 19.7 Å². The molecule has 1 saturated heterocycles. The lowest BCUT2D eigenvalue weighted by atomic mass is 10.2. The second-order valence-electron chi connectivity index (χ2n) is 10.0. The van der Waals surface area contributed by atoms with E-state index < -0.39 is 11.3 Å². The molecule has 1 unspecified atom stereocenters. The average molecular weight is 664 g/mol. The van der Waals surface area contributed by atoms with Crippen LogP contribution in [0.5, 0.6) is 0 Å². The molecule has 43 heavy (non-hydrogen) atoms. The zero-order valence-corrected chi connectivity index (χ0v) is 25.7. The first kappa shape index (κ1) is 29.1. The first-order valence-corrected chi connectivity index (χ1v) is 15.4. The molecule has 0 saturated carbocycles. The third kappa shape index (κ3) is 7.14. The molecule has 13 nitrogen and oxygen atoms in total. The van der Waals surface area contributed by atoms with Gasteiger partial charge in [-0.2, -0.15) is 4.98 Å². The van der Waals surface area contributed by atoms with E-state index in [-0.39, 0.29) is 6.54 Å². The van der Waals surface area contributed by atoms with E-state index in [2.05, 4.69) is 63.1 Å². The first-order valence-electron chi connectivity index (χ1n) is 13.6. The van der Waals surface area contributed by atoms with Gasteiger partial charge in [-0.3, -0.25) is 9.19 Å². The van der Waals surface area contributed by atoms with E-state index >= 15 is 0 Å². The standard InChI is InChI=1S/C28H30BrN11O2S/c1-38-10-12-39(13-11-38)25-8-9-40(18-32-25)26-17-30-23-7-6-20(14-24(23)35-26)34-28-31-16-21(29)27(37-28)36-22-5-3-2-4-19(22)15-33-43(41)42/h2-9,14,16-17,33H,10-13,15,18H2,1H3,(H,41,42)(H2,31,34,36,37)/p-1. The van der Waals surface area contributed by atoms with E-state index in [0.717, 1.165) is 54.3 Å². The van der Waals surface area contributed by atoms with Crippen molar-refractivity contribution < 1.29 is 8.76 Å². The van der Waals surface area contributed by atoms with E-state index in [1.165, 1.54) is 0 Å². The molecule has 0 spiro atoms. The molecular formula is C28H29BrN11O2S-. The van der Waals surface area contributed by atoms with Gasteiger partial charge < -0.3 is 29.9 Å². The number of halogens is 1. The number of aromatic nitrogens is 4. The highest BCUT2D eigenvalue weighted by molar-refractivity contribution is 9.10. The van der Waals surface area contributed by atoms with E-state index in [1.54, 1.807) is 12.4 Å². The van der Waals surface area contributed by atoms with Gasteiger partial charge in [0.1, 0.15) is 18.3 Å². The molecule has 1 atom stereocenters. The molecule has 6 rings (SSSR count). The number of fused-ring (bicyclic) bond motifs is 1. The van der Waals surface area contributed by atoms with Gasteiger partial charge in [-0.1, -0.05) is 18.2 Å². The van der Waals surface area contributed by atoms with Crippen LogP contribution >= 0.6 is 15.9 Å². The number of nitrogens with one attached hydrogen (secondary N) is 3. The SMILES string of the molecule is CN1CCN(C2=NCN(c3cnc4ccc(Nc5ncc(Br)c(Nc6ccccc6CNS(=O)[O-])n5)cc4n3)C=C2)CC1. The maximum Gasteiger partial charge on any atom is 0.229 e. The summed E-state index contributed by atoms with van der Waals surface area (Å²) in [5, 5.41) is 6.51. The van der Waals surface area contributed by atoms with Gasteiger partial charge in [0.05, 0.1) is 21.7 Å². The minimum Gasteiger partial charge on any atom is -0.760 e. The highest BCUT2D eigenvalue weighted by atomic mass is 79.9. The summed E-state index contributed by atoms with van der Waals surface area (Å²) in [5.74, 6) is 2.61. The van der Waals surface area contributed by atoms with E-state index in [1.807, 2.05) is 59.6 Å². The van der Waals surface area contributed by atoms with Crippen molar-refractivity contribution >= 4 is 73.0 Å². The zero-order valence-electron chi connectivity index (χ0n) is 23.3. The Balaban J connectivity index is 1.16. The van der Waals surface area contributed by atoms with Crippen LogP contribution in [0.1, 0.15) is 5.56 Å². The Morgan fingerprint density at radius 3 is 2.63 bits per heavy atom. The molecule has 2 aromatic heterocycles. The van der Waals surface area contributed by atoms with Gasteiger partial charge in [-0.05, 0) is 58.9 Å². The molecule has 1 fully saturated rings. The molecule has 2 aliphatic rings. The van der Waals surface area contributed by atoms with Crippen molar-refractivity contribution in [2.75, 3.05) is 55.4 Å². The molecule has 4 aromatic rings. The number of piperazine rings is 1. The fraction of sp³-hybridized carbons (Fsp3) is 0.250. The minimum atomic E-state index is -2.37. The third-order valence-electron chi connectivity index (χ3n) is 7.09. The van der Waals surface area contributed by atoms with Gasteiger partial charge >= 0.3 is 0 Å². The Morgan fingerprint density at radius 1 is 1.00 bits per heavy atom. The van der Waals surface area contributed by atoms with Crippen LogP contribution in [0.2, 0.25) is 0 Å². The Kier molecular flexibility index (Phi) is 8.85. The molecule has 2 aromatic carbocycles. The Labute approximate surface area is 259 Å². The number of hydrogen-bond donors (Lipinski definition) is 3. The smallest absolute Gasteiger partial charge is 0.229 e. The summed E-state index contributed by atoms with van der Waals surface area (Å²) >= 11 is 1.13. The molecule has 222 valence electrons. The number of para-hydroxylation sites is 1. The number of likely N-dealkylation sites (N-methyl/N-ethyl adjacent to an activating group) is 1. The van der Waals surface area contributed by atoms with Crippen LogP contribution in [0, 0.1) is 0 Å². The fourth-order valence-corrected chi connectivity index (χ4v) is 5.28. The van der Waals surface area contributed by atoms with Crippen molar-refractivity contribution in [1.82, 2.24) is 34.5 Å². The molecule has 3 N–H and O–H groups in total. The predicted molar refractivity (Wildman–Crippen MR) is 171 cm³/mol. The number of amidine groups is 1. The van der Waals surface area contributed by atoms with Crippen LogP contribution in [0.4, 0.5) is 29.0 Å². The topological polar surface area (TPSA) is 150 Å². The molecule has 4 heterocycles. The highest BCUT2D eigenvalue weighted by Gasteiger charge is 2.19. The molecule has 0 amide bonds. The van der Waals surface area contributed by atoms with Crippen LogP contribution in [-0.4, -0.2) is 84.2 Å².